The summed E-state index contributed by atoms with van der Waals surface area (Å²) in [4.78, 5) is 5.08. The van der Waals surface area contributed by atoms with Crippen LogP contribution in [0.25, 0.3) is 0 Å². The number of nitrogens with one attached hydrogen (secondary N) is 1. The van der Waals surface area contributed by atoms with Crippen molar-refractivity contribution in [2.75, 3.05) is 52.4 Å². The van der Waals surface area contributed by atoms with E-state index < -0.39 is 0 Å². The van der Waals surface area contributed by atoms with E-state index in [0.717, 1.165) is 39.1 Å². The third kappa shape index (κ3) is 11.6. The van der Waals surface area contributed by atoms with Crippen molar-refractivity contribution in [3.05, 3.63) is 0 Å². The first-order valence-electron chi connectivity index (χ1n) is 8.52. The van der Waals surface area contributed by atoms with Gasteiger partial charge in [-0.3, -0.25) is 0 Å². The predicted octanol–water partition coefficient (Wildman–Crippen LogP) is 1.76. The highest BCUT2D eigenvalue weighted by Gasteiger charge is 2.05. The molecule has 4 nitrogen and oxygen atoms in total. The van der Waals surface area contributed by atoms with Crippen molar-refractivity contribution in [3.8, 4) is 0 Å². The lowest BCUT2D eigenvalue weighted by Crippen LogP contribution is -2.33. The van der Waals surface area contributed by atoms with Crippen LogP contribution >= 0.6 is 0 Å². The summed E-state index contributed by atoms with van der Waals surface area (Å²) >= 11 is 0. The maximum absolute atomic E-state index is 5.58. The molecular formula is C16H38N4. The molecule has 0 saturated carbocycles. The van der Waals surface area contributed by atoms with Crippen LogP contribution in [0.2, 0.25) is 0 Å². The van der Waals surface area contributed by atoms with Gasteiger partial charge in [0.05, 0.1) is 0 Å². The van der Waals surface area contributed by atoms with Crippen LogP contribution in [0.1, 0.15) is 47.0 Å². The Balaban J connectivity index is 3.66. The van der Waals surface area contributed by atoms with Gasteiger partial charge in [0.1, 0.15) is 0 Å². The molecule has 122 valence electrons. The Morgan fingerprint density at radius 3 is 1.80 bits per heavy atom. The molecule has 0 aliphatic rings. The van der Waals surface area contributed by atoms with Gasteiger partial charge >= 0.3 is 0 Å². The van der Waals surface area contributed by atoms with Gasteiger partial charge < -0.3 is 20.9 Å². The lowest BCUT2D eigenvalue weighted by atomic mass is 10.3. The highest BCUT2D eigenvalue weighted by atomic mass is 15.1. The number of hydrogen-bond donors (Lipinski definition) is 2. The fourth-order valence-corrected chi connectivity index (χ4v) is 2.38. The summed E-state index contributed by atoms with van der Waals surface area (Å²) in [7, 11) is 0. The summed E-state index contributed by atoms with van der Waals surface area (Å²) in [5.74, 6) is 0. The average molecular weight is 287 g/mol. The Morgan fingerprint density at radius 2 is 1.35 bits per heavy atom. The molecule has 0 atom stereocenters. The van der Waals surface area contributed by atoms with Crippen LogP contribution in [0.4, 0.5) is 0 Å². The van der Waals surface area contributed by atoms with Crippen molar-refractivity contribution < 1.29 is 0 Å². The summed E-state index contributed by atoms with van der Waals surface area (Å²) in [6.45, 7) is 18.0. The minimum absolute atomic E-state index is 0.603. The first-order valence-corrected chi connectivity index (χ1v) is 8.52. The van der Waals surface area contributed by atoms with Gasteiger partial charge in [-0.1, -0.05) is 27.7 Å². The zero-order valence-corrected chi connectivity index (χ0v) is 14.3. The molecule has 0 amide bonds. The summed E-state index contributed by atoms with van der Waals surface area (Å²) in [6, 6.07) is 0.603. The fourth-order valence-electron chi connectivity index (χ4n) is 2.38. The number of rotatable bonds is 14. The van der Waals surface area contributed by atoms with E-state index in [1.54, 1.807) is 0 Å². The molecule has 0 rings (SSSR count). The Hall–Kier alpha value is -0.160. The van der Waals surface area contributed by atoms with E-state index in [1.165, 1.54) is 32.5 Å². The first-order chi connectivity index (χ1) is 9.63. The van der Waals surface area contributed by atoms with Crippen molar-refractivity contribution in [1.82, 2.24) is 15.1 Å². The van der Waals surface area contributed by atoms with Crippen LogP contribution in [0.15, 0.2) is 0 Å². The minimum Gasteiger partial charge on any atom is -0.330 e. The Bertz CT molecular complexity index is 197. The van der Waals surface area contributed by atoms with Gasteiger partial charge in [0.15, 0.2) is 0 Å². The molecule has 0 heterocycles. The minimum atomic E-state index is 0.603. The number of nitrogens with zero attached hydrogens (tertiary/aromatic N) is 2. The molecule has 4 heteroatoms. The van der Waals surface area contributed by atoms with Crippen LogP contribution in [0.5, 0.6) is 0 Å². The SMILES string of the molecule is CCN(CCCN)CCCN(CC)CCCNC(C)C. The van der Waals surface area contributed by atoms with Gasteiger partial charge in [0.25, 0.3) is 0 Å². The van der Waals surface area contributed by atoms with E-state index in [0.29, 0.717) is 6.04 Å². The molecule has 0 unspecified atom stereocenters. The second-order valence-electron chi connectivity index (χ2n) is 5.83. The van der Waals surface area contributed by atoms with E-state index in [1.807, 2.05) is 0 Å². The quantitative estimate of drug-likeness (QED) is 0.478. The molecule has 0 aromatic carbocycles. The molecule has 0 aliphatic carbocycles. The molecular weight excluding hydrogens is 248 g/mol. The van der Waals surface area contributed by atoms with Crippen LogP contribution in [0, 0.1) is 0 Å². The first kappa shape index (κ1) is 19.8. The van der Waals surface area contributed by atoms with E-state index in [-0.39, 0.29) is 0 Å². The summed E-state index contributed by atoms with van der Waals surface area (Å²) in [5.41, 5.74) is 5.58. The number of nitrogens with two attached hydrogens (primary N) is 1. The molecule has 20 heavy (non-hydrogen) atoms. The van der Waals surface area contributed by atoms with Gasteiger partial charge in [-0.25, -0.2) is 0 Å². The lowest BCUT2D eigenvalue weighted by molar-refractivity contribution is 0.234. The average Bonchev–Trinajstić information content (AvgIpc) is 2.44. The molecule has 0 fully saturated rings. The van der Waals surface area contributed by atoms with Crippen LogP contribution in [-0.2, 0) is 0 Å². The third-order valence-corrected chi connectivity index (χ3v) is 3.73. The van der Waals surface area contributed by atoms with E-state index in [9.17, 15) is 0 Å². The van der Waals surface area contributed by atoms with Gasteiger partial charge in [-0.15, -0.1) is 0 Å². The van der Waals surface area contributed by atoms with Gasteiger partial charge in [-0.05, 0) is 71.6 Å². The normalized spacial score (nSPS) is 12.0. The predicted molar refractivity (Wildman–Crippen MR) is 90.3 cm³/mol. The summed E-state index contributed by atoms with van der Waals surface area (Å²) in [5, 5.41) is 3.48. The molecule has 0 radical (unpaired) electrons. The molecule has 0 bridgehead atoms. The van der Waals surface area contributed by atoms with Crippen molar-refractivity contribution >= 4 is 0 Å². The topological polar surface area (TPSA) is 44.5 Å². The highest BCUT2D eigenvalue weighted by Crippen LogP contribution is 1.98. The Kier molecular flexibility index (Phi) is 13.7. The van der Waals surface area contributed by atoms with E-state index in [2.05, 4.69) is 42.8 Å². The van der Waals surface area contributed by atoms with Crippen LogP contribution in [0.3, 0.4) is 0 Å². The fraction of sp³-hybridized carbons (Fsp3) is 1.00. The monoisotopic (exact) mass is 286 g/mol. The van der Waals surface area contributed by atoms with Crippen molar-refractivity contribution in [1.29, 1.82) is 0 Å². The smallest absolute Gasteiger partial charge is 0.00103 e. The van der Waals surface area contributed by atoms with Gasteiger partial charge in [-0.2, -0.15) is 0 Å². The summed E-state index contributed by atoms with van der Waals surface area (Å²) in [6.07, 6.45) is 3.63. The van der Waals surface area contributed by atoms with Crippen molar-refractivity contribution in [3.63, 3.8) is 0 Å². The Morgan fingerprint density at radius 1 is 0.850 bits per heavy atom. The van der Waals surface area contributed by atoms with Gasteiger partial charge in [0, 0.05) is 6.04 Å². The Labute approximate surface area is 127 Å². The highest BCUT2D eigenvalue weighted by molar-refractivity contribution is 4.62. The zero-order chi connectivity index (χ0) is 15.2. The standard InChI is InChI=1S/C16H38N4/c1-5-19(12-7-10-17)14-9-15-20(6-2)13-8-11-18-16(3)4/h16,18H,5-15,17H2,1-4H3. The third-order valence-electron chi connectivity index (χ3n) is 3.73. The van der Waals surface area contributed by atoms with Crippen LogP contribution in [-0.4, -0.2) is 68.2 Å². The maximum atomic E-state index is 5.58. The molecule has 0 saturated heterocycles. The zero-order valence-electron chi connectivity index (χ0n) is 14.3. The summed E-state index contributed by atoms with van der Waals surface area (Å²) < 4.78 is 0. The molecule has 3 N–H and O–H groups in total. The van der Waals surface area contributed by atoms with Gasteiger partial charge in [0.2, 0.25) is 0 Å². The molecule has 0 aliphatic heterocycles. The lowest BCUT2D eigenvalue weighted by Gasteiger charge is -2.24. The second kappa shape index (κ2) is 13.8. The van der Waals surface area contributed by atoms with Crippen LogP contribution < -0.4 is 11.1 Å². The number of hydrogen-bond acceptors (Lipinski definition) is 4. The van der Waals surface area contributed by atoms with Crippen molar-refractivity contribution in [2.24, 2.45) is 5.73 Å². The second-order valence-corrected chi connectivity index (χ2v) is 5.83. The maximum Gasteiger partial charge on any atom is 0.00103 e. The van der Waals surface area contributed by atoms with Crippen molar-refractivity contribution in [2.45, 2.75) is 53.0 Å². The molecule has 0 aromatic heterocycles. The molecule has 0 aromatic rings. The molecule has 0 spiro atoms. The van der Waals surface area contributed by atoms with E-state index in [4.69, 9.17) is 5.73 Å². The van der Waals surface area contributed by atoms with E-state index >= 15 is 0 Å². The largest absolute Gasteiger partial charge is 0.330 e.